The second-order valence-electron chi connectivity index (χ2n) is 7.46. The van der Waals surface area contributed by atoms with Gasteiger partial charge in [-0.1, -0.05) is 0 Å². The molecule has 174 valence electrons. The van der Waals surface area contributed by atoms with E-state index in [1.54, 1.807) is 12.4 Å². The average molecular weight is 458 g/mol. The van der Waals surface area contributed by atoms with Gasteiger partial charge in [0.1, 0.15) is 5.60 Å². The fourth-order valence-corrected chi connectivity index (χ4v) is 3.65. The van der Waals surface area contributed by atoms with Crippen molar-refractivity contribution in [2.75, 3.05) is 31.2 Å². The minimum absolute atomic E-state index is 0.127. The highest BCUT2D eigenvalue weighted by Gasteiger charge is 2.53. The van der Waals surface area contributed by atoms with Crippen LogP contribution in [0.15, 0.2) is 36.9 Å². The molecular weight excluding hydrogens is 436 g/mol. The van der Waals surface area contributed by atoms with Gasteiger partial charge in [0.15, 0.2) is 5.82 Å². The number of alkyl halides is 3. The zero-order valence-electron chi connectivity index (χ0n) is 17.0. The first kappa shape index (κ1) is 23.8. The van der Waals surface area contributed by atoms with Gasteiger partial charge in [0.2, 0.25) is 5.95 Å². The summed E-state index contributed by atoms with van der Waals surface area (Å²) in [6, 6.07) is 3.93. The maximum absolute atomic E-state index is 12.9. The van der Waals surface area contributed by atoms with Crippen molar-refractivity contribution >= 4 is 11.9 Å². The van der Waals surface area contributed by atoms with Gasteiger partial charge in [-0.25, -0.2) is 19.2 Å². The lowest BCUT2D eigenvalue weighted by atomic mass is 9.79. The quantitative estimate of drug-likeness (QED) is 0.522. The molecular formula is C20H22F4N4O4. The Morgan fingerprint density at radius 1 is 1.25 bits per heavy atom. The lowest BCUT2D eigenvalue weighted by Gasteiger charge is -2.50. The van der Waals surface area contributed by atoms with E-state index in [1.807, 2.05) is 17.0 Å². The van der Waals surface area contributed by atoms with E-state index in [1.165, 1.54) is 12.4 Å². The van der Waals surface area contributed by atoms with Gasteiger partial charge in [0.05, 0.1) is 32.1 Å². The van der Waals surface area contributed by atoms with Gasteiger partial charge in [-0.2, -0.15) is 13.2 Å². The molecule has 4 heterocycles. The van der Waals surface area contributed by atoms with E-state index in [4.69, 9.17) is 19.4 Å². The molecule has 2 saturated heterocycles. The molecule has 2 aromatic heterocycles. The maximum Gasteiger partial charge on any atom is 0.490 e. The SMILES string of the molecule is Fc1cnc(N2CC3(C2)OCCC3CCOCc2ccncc2)nc1.O=C(O)C(F)(F)F. The number of halogens is 4. The summed E-state index contributed by atoms with van der Waals surface area (Å²) in [4.78, 5) is 23.0. The first-order valence-electron chi connectivity index (χ1n) is 9.83. The zero-order valence-corrected chi connectivity index (χ0v) is 17.0. The summed E-state index contributed by atoms with van der Waals surface area (Å²) in [5.74, 6) is -2.13. The Balaban J connectivity index is 0.000000360. The topological polar surface area (TPSA) is 97.7 Å². The third-order valence-electron chi connectivity index (χ3n) is 5.28. The van der Waals surface area contributed by atoms with Gasteiger partial charge in [-0.15, -0.1) is 0 Å². The number of nitrogens with zero attached hydrogens (tertiary/aromatic N) is 4. The van der Waals surface area contributed by atoms with E-state index < -0.39 is 18.0 Å². The van der Waals surface area contributed by atoms with E-state index in [-0.39, 0.29) is 5.60 Å². The highest BCUT2D eigenvalue weighted by Crippen LogP contribution is 2.42. The van der Waals surface area contributed by atoms with Crippen molar-refractivity contribution in [2.45, 2.75) is 31.2 Å². The number of carboxylic acids is 1. The van der Waals surface area contributed by atoms with Crippen molar-refractivity contribution < 1.29 is 36.9 Å². The molecule has 1 unspecified atom stereocenters. The summed E-state index contributed by atoms with van der Waals surface area (Å²) < 4.78 is 56.5. The van der Waals surface area contributed by atoms with E-state index >= 15 is 0 Å². The van der Waals surface area contributed by atoms with E-state index in [0.29, 0.717) is 25.1 Å². The van der Waals surface area contributed by atoms with Crippen LogP contribution in [0, 0.1) is 11.7 Å². The highest BCUT2D eigenvalue weighted by atomic mass is 19.4. The van der Waals surface area contributed by atoms with Crippen LogP contribution < -0.4 is 4.90 Å². The highest BCUT2D eigenvalue weighted by molar-refractivity contribution is 5.73. The summed E-state index contributed by atoms with van der Waals surface area (Å²) in [5, 5.41) is 7.12. The number of anilines is 1. The first-order chi connectivity index (χ1) is 15.2. The Bertz CT molecular complexity index is 877. The van der Waals surface area contributed by atoms with Crippen molar-refractivity contribution in [2.24, 2.45) is 5.92 Å². The van der Waals surface area contributed by atoms with Gasteiger partial charge in [0.25, 0.3) is 0 Å². The second-order valence-corrected chi connectivity index (χ2v) is 7.46. The summed E-state index contributed by atoms with van der Waals surface area (Å²) in [7, 11) is 0. The number of hydrogen-bond acceptors (Lipinski definition) is 7. The minimum Gasteiger partial charge on any atom is -0.475 e. The van der Waals surface area contributed by atoms with Crippen LogP contribution in [-0.2, 0) is 20.9 Å². The number of carboxylic acid groups (broad SMARTS) is 1. The molecule has 2 aliphatic heterocycles. The second kappa shape index (κ2) is 10.2. The molecule has 0 saturated carbocycles. The first-order valence-corrected chi connectivity index (χ1v) is 9.83. The predicted octanol–water partition coefficient (Wildman–Crippen LogP) is 2.85. The molecule has 1 atom stereocenters. The lowest BCUT2D eigenvalue weighted by molar-refractivity contribution is -0.192. The van der Waals surface area contributed by atoms with Gasteiger partial charge in [0, 0.05) is 25.6 Å². The van der Waals surface area contributed by atoms with Crippen LogP contribution in [0.1, 0.15) is 18.4 Å². The smallest absolute Gasteiger partial charge is 0.475 e. The molecule has 2 aliphatic rings. The Morgan fingerprint density at radius 2 is 1.88 bits per heavy atom. The zero-order chi connectivity index (χ0) is 23.2. The molecule has 1 spiro atoms. The molecule has 0 aromatic carbocycles. The number of aromatic nitrogens is 3. The molecule has 0 amide bonds. The summed E-state index contributed by atoms with van der Waals surface area (Å²) in [5.41, 5.74) is 1.01. The lowest BCUT2D eigenvalue weighted by Crippen LogP contribution is -2.65. The molecule has 1 N–H and O–H groups in total. The Kier molecular flexibility index (Phi) is 7.56. The third-order valence-corrected chi connectivity index (χ3v) is 5.28. The molecule has 32 heavy (non-hydrogen) atoms. The monoisotopic (exact) mass is 458 g/mol. The third kappa shape index (κ3) is 6.10. The average Bonchev–Trinajstić information content (AvgIpc) is 3.15. The Labute approximate surface area is 181 Å². The van der Waals surface area contributed by atoms with Crippen molar-refractivity contribution in [3.05, 3.63) is 48.3 Å². The molecule has 2 fully saturated rings. The van der Waals surface area contributed by atoms with E-state index in [0.717, 1.165) is 38.1 Å². The molecule has 0 aliphatic carbocycles. The summed E-state index contributed by atoms with van der Waals surface area (Å²) in [6.07, 6.45) is 2.90. The maximum atomic E-state index is 12.9. The standard InChI is InChI=1S/C18H21FN4O2.C2HF3O2/c19-16-9-21-17(22-10-16)23-12-18(13-23)15(4-8-25-18)3-7-24-11-14-1-5-20-6-2-14;3-2(4,5)1(6)7/h1-2,5-6,9-10,15H,3-4,7-8,11-13H2;(H,6,7). The van der Waals surface area contributed by atoms with Gasteiger partial charge < -0.3 is 19.5 Å². The fraction of sp³-hybridized carbons (Fsp3) is 0.500. The number of ether oxygens (including phenoxy) is 2. The van der Waals surface area contributed by atoms with Crippen LogP contribution in [0.4, 0.5) is 23.5 Å². The van der Waals surface area contributed by atoms with Crippen molar-refractivity contribution in [1.82, 2.24) is 15.0 Å². The minimum atomic E-state index is -5.08. The molecule has 8 nitrogen and oxygen atoms in total. The van der Waals surface area contributed by atoms with Gasteiger partial charge in [-0.05, 0) is 36.5 Å². The molecule has 12 heteroatoms. The van der Waals surface area contributed by atoms with Crippen LogP contribution in [-0.4, -0.2) is 64.1 Å². The molecule has 0 radical (unpaired) electrons. The van der Waals surface area contributed by atoms with Crippen LogP contribution in [0.3, 0.4) is 0 Å². The van der Waals surface area contributed by atoms with Crippen LogP contribution in [0.5, 0.6) is 0 Å². The van der Waals surface area contributed by atoms with Crippen molar-refractivity contribution in [3.63, 3.8) is 0 Å². The molecule has 4 rings (SSSR count). The number of hydrogen-bond donors (Lipinski definition) is 1. The van der Waals surface area contributed by atoms with Crippen molar-refractivity contribution in [3.8, 4) is 0 Å². The number of pyridine rings is 1. The fourth-order valence-electron chi connectivity index (χ4n) is 3.65. The normalized spacial score (nSPS) is 19.2. The predicted molar refractivity (Wildman–Crippen MR) is 103 cm³/mol. The Hall–Kier alpha value is -2.86. The number of carbonyl (C=O) groups is 1. The Morgan fingerprint density at radius 3 is 2.47 bits per heavy atom. The number of aliphatic carboxylic acids is 1. The number of rotatable bonds is 6. The molecule has 2 aromatic rings. The largest absolute Gasteiger partial charge is 0.490 e. The van der Waals surface area contributed by atoms with Crippen LogP contribution in [0.2, 0.25) is 0 Å². The van der Waals surface area contributed by atoms with Crippen molar-refractivity contribution in [1.29, 1.82) is 0 Å². The van der Waals surface area contributed by atoms with Gasteiger partial charge in [-0.3, -0.25) is 4.98 Å². The van der Waals surface area contributed by atoms with E-state index in [9.17, 15) is 17.6 Å². The van der Waals surface area contributed by atoms with Gasteiger partial charge >= 0.3 is 12.1 Å². The van der Waals surface area contributed by atoms with E-state index in [2.05, 4.69) is 15.0 Å². The van der Waals surface area contributed by atoms with Crippen LogP contribution in [0.25, 0.3) is 0 Å². The summed E-state index contributed by atoms with van der Waals surface area (Å²) in [6.45, 7) is 3.62. The summed E-state index contributed by atoms with van der Waals surface area (Å²) >= 11 is 0. The molecule has 0 bridgehead atoms. The van der Waals surface area contributed by atoms with Crippen LogP contribution >= 0.6 is 0 Å².